The second kappa shape index (κ2) is 18.1. The number of amides is 1. The van der Waals surface area contributed by atoms with Crippen LogP contribution in [0.25, 0.3) is 22.3 Å². The summed E-state index contributed by atoms with van der Waals surface area (Å²) in [6.45, 7) is 2.26. The summed E-state index contributed by atoms with van der Waals surface area (Å²) in [5.41, 5.74) is 7.17. The molecule has 3 heterocycles. The fourth-order valence-electron chi connectivity index (χ4n) is 7.21. The largest absolute Gasteiger partial charge is 0.480 e. The van der Waals surface area contributed by atoms with Crippen LogP contribution >= 0.6 is 27.5 Å². The van der Waals surface area contributed by atoms with E-state index >= 15 is 0 Å². The number of carbonyl (C=O) groups is 2. The number of aliphatic hydroxyl groups is 1. The molecule has 3 aromatic carbocycles. The summed E-state index contributed by atoms with van der Waals surface area (Å²) in [7, 11) is 0. The number of halogens is 2. The van der Waals surface area contributed by atoms with Gasteiger partial charge in [0.25, 0.3) is 0 Å². The third-order valence-corrected chi connectivity index (χ3v) is 11.5. The number of aromatic nitrogens is 2. The van der Waals surface area contributed by atoms with Gasteiger partial charge in [-0.3, -0.25) is 19.9 Å². The molecule has 2 aliphatic rings. The Balaban J connectivity index is 1.10. The van der Waals surface area contributed by atoms with Gasteiger partial charge in [-0.15, -0.1) is 0 Å². The van der Waals surface area contributed by atoms with Crippen molar-refractivity contribution in [3.05, 3.63) is 128 Å². The highest BCUT2D eigenvalue weighted by atomic mass is 79.9. The number of carboxylic acids is 1. The maximum absolute atomic E-state index is 11.9. The molecule has 0 unspecified atom stereocenters. The first-order chi connectivity index (χ1) is 28.0. The van der Waals surface area contributed by atoms with Crippen molar-refractivity contribution >= 4 is 39.4 Å². The minimum Gasteiger partial charge on any atom is -0.480 e. The summed E-state index contributed by atoms with van der Waals surface area (Å²) in [6, 6.07) is 26.3. The number of carbonyl (C=O) groups excluding carboxylic acids is 1. The first kappa shape index (κ1) is 40.8. The van der Waals surface area contributed by atoms with Crippen molar-refractivity contribution in [2.24, 2.45) is 0 Å². The minimum atomic E-state index is -1.60. The van der Waals surface area contributed by atoms with Gasteiger partial charge in [0, 0.05) is 66.7 Å². The lowest BCUT2D eigenvalue weighted by Gasteiger charge is -2.24. The smallest absolute Gasteiger partial charge is 0.326 e. The molecule has 1 aliphatic heterocycles. The van der Waals surface area contributed by atoms with Crippen LogP contribution in [0.5, 0.6) is 11.8 Å². The van der Waals surface area contributed by atoms with Crippen LogP contribution in [0.1, 0.15) is 65.7 Å². The zero-order chi connectivity index (χ0) is 40.8. The third-order valence-electron chi connectivity index (χ3n) is 10.6. The van der Waals surface area contributed by atoms with Crippen LogP contribution in [0, 0.1) is 11.3 Å². The van der Waals surface area contributed by atoms with E-state index in [0.717, 1.165) is 58.3 Å². The van der Waals surface area contributed by atoms with Crippen LogP contribution in [0.2, 0.25) is 5.02 Å². The van der Waals surface area contributed by atoms with E-state index in [2.05, 4.69) is 79.3 Å². The molecule has 1 aliphatic carbocycles. The van der Waals surface area contributed by atoms with Crippen LogP contribution in [0.4, 0.5) is 0 Å². The van der Waals surface area contributed by atoms with Crippen molar-refractivity contribution < 1.29 is 29.3 Å². The number of benzene rings is 3. The van der Waals surface area contributed by atoms with Crippen molar-refractivity contribution in [3.63, 3.8) is 0 Å². The van der Waals surface area contributed by atoms with Gasteiger partial charge < -0.3 is 30.3 Å². The molecule has 298 valence electrons. The highest BCUT2D eigenvalue weighted by Crippen LogP contribution is 2.45. The van der Waals surface area contributed by atoms with Gasteiger partial charge in [0.15, 0.2) is 0 Å². The number of aliphatic carboxylic acids is 1. The van der Waals surface area contributed by atoms with E-state index in [4.69, 9.17) is 26.1 Å². The van der Waals surface area contributed by atoms with Gasteiger partial charge in [-0.25, -0.2) is 0 Å². The first-order valence-corrected chi connectivity index (χ1v) is 20.1. The quantitative estimate of drug-likeness (QED) is 0.0688. The van der Waals surface area contributed by atoms with E-state index in [1.807, 2.05) is 24.3 Å². The number of carboxylic acid groups (broad SMARTS) is 1. The van der Waals surface area contributed by atoms with Crippen molar-refractivity contribution in [1.82, 2.24) is 25.9 Å². The lowest BCUT2D eigenvalue weighted by molar-refractivity contribution is -0.146. The van der Waals surface area contributed by atoms with Crippen LogP contribution in [-0.4, -0.2) is 56.8 Å². The molecule has 58 heavy (non-hydrogen) atoms. The number of nitriles is 1. The van der Waals surface area contributed by atoms with Crippen molar-refractivity contribution in [2.45, 2.75) is 70.0 Å². The molecule has 0 bridgehead atoms. The summed E-state index contributed by atoms with van der Waals surface area (Å²) >= 11 is 10.8. The molecule has 1 saturated heterocycles. The zero-order valence-electron chi connectivity index (χ0n) is 31.7. The Morgan fingerprint density at radius 3 is 2.53 bits per heavy atom. The fourth-order valence-corrected chi connectivity index (χ4v) is 8.00. The minimum absolute atomic E-state index is 0.0141. The van der Waals surface area contributed by atoms with Crippen molar-refractivity contribution in [1.29, 1.82) is 5.26 Å². The van der Waals surface area contributed by atoms with Gasteiger partial charge in [-0.05, 0) is 82.1 Å². The topological polar surface area (TPSA) is 179 Å². The SMILES string of the molecule is C[C@@](CO)(NCc1cc(Br)c(O[C@H]2CCc3c(-c4cccc(-c5ccc(CNC[C@@H]6CCC(=O)N6)cc5)c4Cl)cccc32)nc1OCc1cncc(C#N)c1)C(=O)O. The second-order valence-corrected chi connectivity index (χ2v) is 15.9. The molecular formula is C44H42BrClN6O6. The average molecular weight is 866 g/mol. The fraction of sp³-hybridized carbons (Fsp3) is 0.295. The molecule has 1 fully saturated rings. The monoisotopic (exact) mass is 864 g/mol. The third kappa shape index (κ3) is 9.17. The van der Waals surface area contributed by atoms with Crippen LogP contribution in [-0.2, 0) is 35.7 Å². The number of nitrogens with zero attached hydrogens (tertiary/aromatic N) is 3. The van der Waals surface area contributed by atoms with E-state index in [0.29, 0.717) is 45.6 Å². The van der Waals surface area contributed by atoms with Gasteiger partial charge in [-0.2, -0.15) is 10.2 Å². The molecule has 0 saturated carbocycles. The predicted octanol–water partition coefficient (Wildman–Crippen LogP) is 7.04. The summed E-state index contributed by atoms with van der Waals surface area (Å²) in [6.07, 6.45) is 5.62. The molecule has 12 nitrogen and oxygen atoms in total. The average Bonchev–Trinajstić information content (AvgIpc) is 3.85. The summed E-state index contributed by atoms with van der Waals surface area (Å²) in [5.74, 6) is -0.606. The summed E-state index contributed by atoms with van der Waals surface area (Å²) < 4.78 is 13.3. The van der Waals surface area contributed by atoms with Gasteiger partial charge in [0.2, 0.25) is 17.7 Å². The number of fused-ring (bicyclic) bond motifs is 1. The molecule has 2 aromatic heterocycles. The van der Waals surface area contributed by atoms with Crippen LogP contribution in [0.15, 0.2) is 89.7 Å². The van der Waals surface area contributed by atoms with E-state index < -0.39 is 18.1 Å². The molecule has 14 heteroatoms. The van der Waals surface area contributed by atoms with Gasteiger partial charge >= 0.3 is 5.97 Å². The van der Waals surface area contributed by atoms with Gasteiger partial charge in [-0.1, -0.05) is 72.3 Å². The Morgan fingerprint density at radius 2 is 1.79 bits per heavy atom. The molecule has 1 amide bonds. The highest BCUT2D eigenvalue weighted by molar-refractivity contribution is 9.10. The van der Waals surface area contributed by atoms with Crippen LogP contribution in [0.3, 0.4) is 0 Å². The lowest BCUT2D eigenvalue weighted by Crippen LogP contribution is -2.52. The lowest BCUT2D eigenvalue weighted by atomic mass is 9.93. The number of rotatable bonds is 16. The number of aliphatic hydroxyl groups excluding tert-OH is 1. The summed E-state index contributed by atoms with van der Waals surface area (Å²) in [4.78, 5) is 32.3. The maximum Gasteiger partial charge on any atom is 0.326 e. The number of pyridine rings is 2. The van der Waals surface area contributed by atoms with E-state index in [1.54, 1.807) is 18.3 Å². The Kier molecular flexibility index (Phi) is 12.7. The van der Waals surface area contributed by atoms with Gasteiger partial charge in [0.05, 0.1) is 21.7 Å². The maximum atomic E-state index is 11.9. The van der Waals surface area contributed by atoms with E-state index in [1.165, 1.54) is 13.1 Å². The molecular weight excluding hydrogens is 824 g/mol. The van der Waals surface area contributed by atoms with Crippen LogP contribution < -0.4 is 25.4 Å². The Bertz CT molecular complexity index is 2370. The number of hydrogen-bond acceptors (Lipinski definition) is 10. The van der Waals surface area contributed by atoms with Gasteiger partial charge in [0.1, 0.15) is 24.3 Å². The Labute approximate surface area is 349 Å². The standard InChI is InChI=1S/C44H42BrClN6O6/c1-44(25-53,43(55)56)50-22-30-17-37(45)42(52-41(30)57-24-28-16-27(18-47)20-48-21-28)58-38-14-13-34-33(5-3-6-35(34)38)36-7-2-4-32(40(36)46)29-10-8-26(9-11-29)19-49-23-31-12-15-39(54)51-31/h2-11,16-17,20-21,31,38,49-50,53H,12-15,19,22-25H2,1H3,(H,51,54)(H,55,56)/t31-,38-,44-/m0/s1. The van der Waals surface area contributed by atoms with Crippen molar-refractivity contribution in [2.75, 3.05) is 13.2 Å². The summed E-state index contributed by atoms with van der Waals surface area (Å²) in [5, 5.41) is 38.9. The van der Waals surface area contributed by atoms with E-state index in [-0.39, 0.29) is 43.0 Å². The van der Waals surface area contributed by atoms with E-state index in [9.17, 15) is 25.1 Å². The molecule has 5 aromatic rings. The molecule has 0 spiro atoms. The number of ether oxygens (including phenoxy) is 2. The Morgan fingerprint density at radius 1 is 1.02 bits per heavy atom. The molecule has 5 N–H and O–H groups in total. The van der Waals surface area contributed by atoms with Crippen molar-refractivity contribution in [3.8, 4) is 40.1 Å². The normalized spacial score (nSPS) is 16.9. The number of nitrogens with one attached hydrogen (secondary N) is 3. The molecule has 0 radical (unpaired) electrons. The first-order valence-electron chi connectivity index (χ1n) is 19.0. The molecule has 3 atom stereocenters. The zero-order valence-corrected chi connectivity index (χ0v) is 34.1. The molecule has 7 rings (SSSR count). The second-order valence-electron chi connectivity index (χ2n) is 14.7. The number of hydrogen-bond donors (Lipinski definition) is 5. The highest BCUT2D eigenvalue weighted by Gasteiger charge is 2.33. The Hall–Kier alpha value is -5.36. The predicted molar refractivity (Wildman–Crippen MR) is 222 cm³/mol.